The van der Waals surface area contributed by atoms with Gasteiger partial charge in [-0.2, -0.15) is 0 Å². The Morgan fingerprint density at radius 3 is 1.30 bits per heavy atom. The van der Waals surface area contributed by atoms with Crippen molar-refractivity contribution in [1.82, 2.24) is 0 Å². The smallest absolute Gasteiger partial charge is 0.103 e. The zero-order valence-corrected chi connectivity index (χ0v) is 13.5. The predicted octanol–water partition coefficient (Wildman–Crippen LogP) is 3.51. The number of quaternary nitrogens is 1. The van der Waals surface area contributed by atoms with Crippen molar-refractivity contribution in [2.45, 2.75) is 19.5 Å². The fraction of sp³-hybridized carbons (Fsp3) is 0.182. The Kier molecular flexibility index (Phi) is 5.60. The van der Waals surface area contributed by atoms with Gasteiger partial charge in [-0.25, -0.2) is 0 Å². The van der Waals surface area contributed by atoms with Crippen molar-refractivity contribution in [2.24, 2.45) is 0 Å². The minimum Gasteiger partial charge on any atom is -0.327 e. The number of rotatable bonds is 7. The Hall–Kier alpha value is -2.38. The third-order valence-electron chi connectivity index (χ3n) is 4.20. The van der Waals surface area contributed by atoms with Crippen LogP contribution >= 0.6 is 0 Å². The van der Waals surface area contributed by atoms with Crippen molar-refractivity contribution in [2.75, 3.05) is 6.54 Å². The van der Waals surface area contributed by atoms with Crippen LogP contribution in [0.15, 0.2) is 91.0 Å². The summed E-state index contributed by atoms with van der Waals surface area (Å²) in [4.78, 5) is 1.60. The van der Waals surface area contributed by atoms with E-state index in [1.165, 1.54) is 16.7 Å². The topological polar surface area (TPSA) is 4.44 Å². The maximum absolute atomic E-state index is 2.23. The number of nitrogens with one attached hydrogen (secondary N) is 1. The second-order valence-corrected chi connectivity index (χ2v) is 6.06. The maximum Gasteiger partial charge on any atom is 0.103 e. The molecule has 1 nitrogen and oxygen atoms in total. The zero-order valence-electron chi connectivity index (χ0n) is 13.5. The molecule has 0 aromatic heterocycles. The summed E-state index contributed by atoms with van der Waals surface area (Å²) >= 11 is 0. The van der Waals surface area contributed by atoms with E-state index < -0.39 is 0 Å². The fourth-order valence-corrected chi connectivity index (χ4v) is 2.97. The van der Waals surface area contributed by atoms with E-state index in [-0.39, 0.29) is 0 Å². The van der Waals surface area contributed by atoms with Gasteiger partial charge in [0.05, 0.1) is 6.54 Å². The van der Waals surface area contributed by atoms with E-state index in [1.54, 1.807) is 4.90 Å². The quantitative estimate of drug-likeness (QED) is 0.681. The standard InChI is InChI=1S/C22H23N/c1-4-10-20(11-5-1)16-17-23(18-21-12-6-2-7-13-21)19-22-14-8-3-9-15-22/h1-15H,16-19H2/p+1. The molecule has 1 N–H and O–H groups in total. The first-order valence-corrected chi connectivity index (χ1v) is 8.35. The number of benzene rings is 3. The highest BCUT2D eigenvalue weighted by molar-refractivity contribution is 5.16. The van der Waals surface area contributed by atoms with Gasteiger partial charge < -0.3 is 4.90 Å². The molecule has 23 heavy (non-hydrogen) atoms. The first-order chi connectivity index (χ1) is 11.4. The van der Waals surface area contributed by atoms with Crippen LogP contribution in [-0.4, -0.2) is 6.54 Å². The second-order valence-electron chi connectivity index (χ2n) is 6.06. The lowest BCUT2D eigenvalue weighted by atomic mass is 10.1. The van der Waals surface area contributed by atoms with E-state index >= 15 is 0 Å². The van der Waals surface area contributed by atoms with Crippen molar-refractivity contribution in [3.05, 3.63) is 108 Å². The molecule has 0 spiro atoms. The molecule has 3 aromatic rings. The molecule has 0 unspecified atom stereocenters. The van der Waals surface area contributed by atoms with E-state index in [9.17, 15) is 0 Å². The van der Waals surface area contributed by atoms with Gasteiger partial charge in [-0.1, -0.05) is 91.0 Å². The Balaban J connectivity index is 1.67. The lowest BCUT2D eigenvalue weighted by molar-refractivity contribution is -0.927. The Morgan fingerprint density at radius 2 is 0.870 bits per heavy atom. The summed E-state index contributed by atoms with van der Waals surface area (Å²) in [6, 6.07) is 32.4. The molecular weight excluding hydrogens is 278 g/mol. The van der Waals surface area contributed by atoms with Crippen molar-refractivity contribution in [3.63, 3.8) is 0 Å². The van der Waals surface area contributed by atoms with Crippen LogP contribution < -0.4 is 4.90 Å². The van der Waals surface area contributed by atoms with Gasteiger partial charge in [0, 0.05) is 17.5 Å². The monoisotopic (exact) mass is 302 g/mol. The van der Waals surface area contributed by atoms with Crippen LogP contribution in [0.5, 0.6) is 0 Å². The molecule has 0 saturated heterocycles. The van der Waals surface area contributed by atoms with Gasteiger partial charge in [-0.15, -0.1) is 0 Å². The first kappa shape index (κ1) is 15.5. The highest BCUT2D eigenvalue weighted by atomic mass is 15.1. The third-order valence-corrected chi connectivity index (χ3v) is 4.20. The van der Waals surface area contributed by atoms with Crippen LogP contribution in [0.1, 0.15) is 16.7 Å². The van der Waals surface area contributed by atoms with Gasteiger partial charge in [0.2, 0.25) is 0 Å². The lowest BCUT2D eigenvalue weighted by Crippen LogP contribution is -3.09. The molecular formula is C22H24N+. The Bertz CT molecular complexity index is 635. The molecule has 0 aliphatic rings. The molecule has 0 bridgehead atoms. The van der Waals surface area contributed by atoms with E-state index in [0.29, 0.717) is 0 Å². The molecule has 0 amide bonds. The van der Waals surface area contributed by atoms with Gasteiger partial charge in [-0.05, 0) is 5.56 Å². The third kappa shape index (κ3) is 5.08. The predicted molar refractivity (Wildman–Crippen MR) is 96.3 cm³/mol. The highest BCUT2D eigenvalue weighted by Crippen LogP contribution is 2.01. The van der Waals surface area contributed by atoms with E-state index in [1.807, 2.05) is 0 Å². The van der Waals surface area contributed by atoms with Crippen molar-refractivity contribution < 1.29 is 4.90 Å². The molecule has 0 aliphatic carbocycles. The Labute approximate surface area is 139 Å². The number of hydrogen-bond acceptors (Lipinski definition) is 0. The van der Waals surface area contributed by atoms with Gasteiger partial charge >= 0.3 is 0 Å². The van der Waals surface area contributed by atoms with Gasteiger partial charge in [0.25, 0.3) is 0 Å². The summed E-state index contributed by atoms with van der Waals surface area (Å²) in [5, 5.41) is 0. The molecule has 1 heteroatoms. The van der Waals surface area contributed by atoms with Crippen LogP contribution in [0.25, 0.3) is 0 Å². The summed E-state index contributed by atoms with van der Waals surface area (Å²) in [5.41, 5.74) is 4.24. The molecule has 0 saturated carbocycles. The molecule has 0 aliphatic heterocycles. The summed E-state index contributed by atoms with van der Waals surface area (Å²) < 4.78 is 0. The van der Waals surface area contributed by atoms with Crippen molar-refractivity contribution >= 4 is 0 Å². The minimum absolute atomic E-state index is 1.07. The second kappa shape index (κ2) is 8.30. The first-order valence-electron chi connectivity index (χ1n) is 8.35. The van der Waals surface area contributed by atoms with Crippen LogP contribution in [0, 0.1) is 0 Å². The SMILES string of the molecule is c1ccc(CC[NH+](Cc2ccccc2)Cc2ccccc2)cc1. The fourth-order valence-electron chi connectivity index (χ4n) is 2.97. The van der Waals surface area contributed by atoms with E-state index in [0.717, 1.165) is 26.1 Å². The van der Waals surface area contributed by atoms with Gasteiger partial charge in [-0.3, -0.25) is 0 Å². The van der Waals surface area contributed by atoms with Crippen LogP contribution in [0.4, 0.5) is 0 Å². The van der Waals surface area contributed by atoms with Crippen LogP contribution in [0.2, 0.25) is 0 Å². The summed E-state index contributed by atoms with van der Waals surface area (Å²) in [6.07, 6.45) is 1.12. The zero-order chi connectivity index (χ0) is 15.7. The normalized spacial score (nSPS) is 10.8. The summed E-state index contributed by atoms with van der Waals surface area (Å²) in [5.74, 6) is 0. The average Bonchev–Trinajstić information content (AvgIpc) is 2.62. The highest BCUT2D eigenvalue weighted by Gasteiger charge is 2.11. The summed E-state index contributed by atoms with van der Waals surface area (Å²) in [7, 11) is 0. The maximum atomic E-state index is 2.23. The van der Waals surface area contributed by atoms with Crippen molar-refractivity contribution in [3.8, 4) is 0 Å². The van der Waals surface area contributed by atoms with Crippen molar-refractivity contribution in [1.29, 1.82) is 0 Å². The van der Waals surface area contributed by atoms with E-state index in [2.05, 4.69) is 91.0 Å². The van der Waals surface area contributed by atoms with Crippen LogP contribution in [-0.2, 0) is 19.5 Å². The van der Waals surface area contributed by atoms with Gasteiger partial charge in [0.1, 0.15) is 13.1 Å². The molecule has 0 fully saturated rings. The minimum atomic E-state index is 1.07. The molecule has 3 aromatic carbocycles. The lowest BCUT2D eigenvalue weighted by Gasteiger charge is -2.20. The molecule has 0 heterocycles. The van der Waals surface area contributed by atoms with Gasteiger partial charge in [0.15, 0.2) is 0 Å². The average molecular weight is 302 g/mol. The van der Waals surface area contributed by atoms with Crippen LogP contribution in [0.3, 0.4) is 0 Å². The van der Waals surface area contributed by atoms with E-state index in [4.69, 9.17) is 0 Å². The molecule has 116 valence electrons. The summed E-state index contributed by atoms with van der Waals surface area (Å²) in [6.45, 7) is 3.29. The molecule has 0 radical (unpaired) electrons. The Morgan fingerprint density at radius 1 is 0.478 bits per heavy atom. The largest absolute Gasteiger partial charge is 0.327 e. The molecule has 3 rings (SSSR count). The molecule has 0 atom stereocenters. The number of hydrogen-bond donors (Lipinski definition) is 1.